The van der Waals surface area contributed by atoms with Gasteiger partial charge in [0.05, 0.1) is 13.2 Å². The predicted molar refractivity (Wildman–Crippen MR) is 106 cm³/mol. The monoisotopic (exact) mass is 367 g/mol. The van der Waals surface area contributed by atoms with Crippen molar-refractivity contribution in [2.45, 2.75) is 46.5 Å². The molecule has 150 valence electrons. The van der Waals surface area contributed by atoms with E-state index in [4.69, 9.17) is 19.3 Å². The molecule has 0 aliphatic heterocycles. The van der Waals surface area contributed by atoms with Gasteiger partial charge in [-0.25, -0.2) is 0 Å². The van der Waals surface area contributed by atoms with Gasteiger partial charge in [0.25, 0.3) is 0 Å². The summed E-state index contributed by atoms with van der Waals surface area (Å²) in [7, 11) is 2.13. The maximum atomic E-state index is 9.08. The van der Waals surface area contributed by atoms with E-state index in [-0.39, 0.29) is 12.7 Å². The highest BCUT2D eigenvalue weighted by atomic mass is 16.6. The Hall–Kier alpha value is -1.30. The fraction of sp³-hybridized carbons (Fsp3) is 0.714. The van der Waals surface area contributed by atoms with Gasteiger partial charge in [-0.3, -0.25) is 0 Å². The summed E-state index contributed by atoms with van der Waals surface area (Å²) in [6.07, 6.45) is 10.2. The second kappa shape index (κ2) is 13.8. The molecule has 0 aromatic carbocycles. The molecule has 0 fully saturated rings. The Morgan fingerprint density at radius 2 is 1.96 bits per heavy atom. The van der Waals surface area contributed by atoms with E-state index in [0.29, 0.717) is 6.61 Å². The smallest absolute Gasteiger partial charge is 0.186 e. The molecule has 1 unspecified atom stereocenters. The van der Waals surface area contributed by atoms with Gasteiger partial charge in [-0.1, -0.05) is 26.0 Å². The molecule has 5 nitrogen and oxygen atoms in total. The number of ether oxygens (including phenoxy) is 3. The van der Waals surface area contributed by atoms with Gasteiger partial charge >= 0.3 is 0 Å². The topological polar surface area (TPSA) is 51.2 Å². The van der Waals surface area contributed by atoms with Crippen molar-refractivity contribution < 1.29 is 19.3 Å². The highest BCUT2D eigenvalue weighted by molar-refractivity contribution is 5.27. The Morgan fingerprint density at radius 3 is 2.69 bits per heavy atom. The van der Waals surface area contributed by atoms with Crippen LogP contribution in [0.25, 0.3) is 0 Å². The minimum atomic E-state index is -0.315. The number of rotatable bonds is 13. The molecule has 1 aliphatic rings. The molecular formula is C21H37NO4. The van der Waals surface area contributed by atoms with Crippen molar-refractivity contribution in [1.82, 2.24) is 4.90 Å². The third kappa shape index (κ3) is 9.41. The van der Waals surface area contributed by atoms with Gasteiger partial charge in [0.2, 0.25) is 0 Å². The van der Waals surface area contributed by atoms with Crippen molar-refractivity contribution in [3.8, 4) is 0 Å². The lowest BCUT2D eigenvalue weighted by Crippen LogP contribution is -2.24. The van der Waals surface area contributed by atoms with E-state index in [1.54, 1.807) is 0 Å². The average Bonchev–Trinajstić information content (AvgIpc) is 2.62. The Kier molecular flexibility index (Phi) is 12.1. The van der Waals surface area contributed by atoms with Crippen LogP contribution in [-0.2, 0) is 14.2 Å². The van der Waals surface area contributed by atoms with E-state index >= 15 is 0 Å². The van der Waals surface area contributed by atoms with Gasteiger partial charge in [-0.15, -0.1) is 0 Å². The molecular weight excluding hydrogens is 330 g/mol. The number of aliphatic hydroxyl groups excluding tert-OH is 1. The second-order valence-corrected chi connectivity index (χ2v) is 6.86. The van der Waals surface area contributed by atoms with Crippen LogP contribution in [0.3, 0.4) is 0 Å². The normalized spacial score (nSPS) is 17.9. The Labute approximate surface area is 159 Å². The molecule has 0 spiro atoms. The van der Waals surface area contributed by atoms with Crippen LogP contribution in [0.2, 0.25) is 0 Å². The fourth-order valence-corrected chi connectivity index (χ4v) is 2.69. The van der Waals surface area contributed by atoms with Crippen LogP contribution >= 0.6 is 0 Å². The zero-order valence-electron chi connectivity index (χ0n) is 17.0. The zero-order chi connectivity index (χ0) is 19.2. The van der Waals surface area contributed by atoms with E-state index < -0.39 is 0 Å². The Morgan fingerprint density at radius 1 is 1.15 bits per heavy atom. The standard InChI is InChI=1S/C21H37NO4/c1-5-13-24-15-12-22(4)11-6-7-14-25-20-16-21(26-17-23)19(3)10-8-9-18(20)2/h8,10,16,19,23H,5-7,9,11-15,17H2,1-4H3. The molecule has 0 heterocycles. The van der Waals surface area contributed by atoms with E-state index in [0.717, 1.165) is 63.5 Å². The van der Waals surface area contributed by atoms with Gasteiger partial charge in [0, 0.05) is 25.1 Å². The van der Waals surface area contributed by atoms with Crippen LogP contribution in [0.15, 0.2) is 35.3 Å². The van der Waals surface area contributed by atoms with E-state index in [1.807, 2.05) is 6.08 Å². The fourth-order valence-electron chi connectivity index (χ4n) is 2.69. The maximum Gasteiger partial charge on any atom is 0.186 e. The summed E-state index contributed by atoms with van der Waals surface area (Å²) in [5.74, 6) is 1.74. The van der Waals surface area contributed by atoms with Crippen molar-refractivity contribution in [3.05, 3.63) is 35.3 Å². The summed E-state index contributed by atoms with van der Waals surface area (Å²) in [5.41, 5.74) is 1.18. The number of hydrogen-bond donors (Lipinski definition) is 1. The van der Waals surface area contributed by atoms with Crippen molar-refractivity contribution >= 4 is 0 Å². The second-order valence-electron chi connectivity index (χ2n) is 6.86. The Bertz CT molecular complexity index is 471. The number of nitrogens with zero attached hydrogens (tertiary/aromatic N) is 1. The van der Waals surface area contributed by atoms with E-state index in [2.05, 4.69) is 44.9 Å². The van der Waals surface area contributed by atoms with E-state index in [9.17, 15) is 0 Å². The van der Waals surface area contributed by atoms with Crippen LogP contribution in [0, 0.1) is 5.92 Å². The Balaban J connectivity index is 2.35. The highest BCUT2D eigenvalue weighted by Gasteiger charge is 2.13. The summed E-state index contributed by atoms with van der Waals surface area (Å²) in [6, 6.07) is 0. The van der Waals surface area contributed by atoms with Crippen LogP contribution < -0.4 is 0 Å². The number of aliphatic hydroxyl groups is 1. The molecule has 1 rings (SSSR count). The largest absolute Gasteiger partial charge is 0.494 e. The van der Waals surface area contributed by atoms with Gasteiger partial charge < -0.3 is 24.2 Å². The molecule has 0 bridgehead atoms. The summed E-state index contributed by atoms with van der Waals surface area (Å²) < 4.78 is 16.9. The average molecular weight is 368 g/mol. The first-order valence-corrected chi connectivity index (χ1v) is 9.79. The zero-order valence-corrected chi connectivity index (χ0v) is 17.0. The van der Waals surface area contributed by atoms with Crippen molar-refractivity contribution in [1.29, 1.82) is 0 Å². The first-order chi connectivity index (χ1) is 12.6. The molecule has 26 heavy (non-hydrogen) atoms. The SMILES string of the molecule is CCCOCCN(C)CCCCOC1=C(C)CC=CC(C)C(OCO)=C1. The van der Waals surface area contributed by atoms with Crippen molar-refractivity contribution in [2.24, 2.45) is 5.92 Å². The molecule has 5 heteroatoms. The molecule has 0 aromatic heterocycles. The molecule has 0 saturated heterocycles. The van der Waals surface area contributed by atoms with Gasteiger partial charge in [-0.2, -0.15) is 0 Å². The third-order valence-electron chi connectivity index (χ3n) is 4.38. The highest BCUT2D eigenvalue weighted by Crippen LogP contribution is 2.23. The molecule has 0 saturated carbocycles. The lowest BCUT2D eigenvalue weighted by molar-refractivity contribution is 0.0324. The van der Waals surface area contributed by atoms with Crippen LogP contribution in [-0.4, -0.2) is 56.8 Å². The summed E-state index contributed by atoms with van der Waals surface area (Å²) in [5, 5.41) is 9.08. The van der Waals surface area contributed by atoms with Crippen molar-refractivity contribution in [2.75, 3.05) is 46.8 Å². The third-order valence-corrected chi connectivity index (χ3v) is 4.38. The van der Waals surface area contributed by atoms with E-state index in [1.165, 1.54) is 5.57 Å². The lowest BCUT2D eigenvalue weighted by atomic mass is 10.0. The van der Waals surface area contributed by atoms with Crippen LogP contribution in [0.4, 0.5) is 0 Å². The summed E-state index contributed by atoms with van der Waals surface area (Å²) >= 11 is 0. The quantitative estimate of drug-likeness (QED) is 0.304. The molecule has 0 aromatic rings. The van der Waals surface area contributed by atoms with Crippen molar-refractivity contribution in [3.63, 3.8) is 0 Å². The summed E-state index contributed by atoms with van der Waals surface area (Å²) in [6.45, 7) is 10.3. The predicted octanol–water partition coefficient (Wildman–Crippen LogP) is 3.86. The molecule has 1 N–H and O–H groups in total. The van der Waals surface area contributed by atoms with Crippen LogP contribution in [0.5, 0.6) is 0 Å². The first-order valence-electron chi connectivity index (χ1n) is 9.79. The minimum absolute atomic E-state index is 0.137. The van der Waals surface area contributed by atoms with Crippen LogP contribution in [0.1, 0.15) is 46.5 Å². The van der Waals surface area contributed by atoms with Gasteiger partial charge in [0.15, 0.2) is 6.79 Å². The number of likely N-dealkylation sites (N-methyl/N-ethyl adjacent to an activating group) is 1. The lowest BCUT2D eigenvalue weighted by Gasteiger charge is -2.19. The number of allylic oxidation sites excluding steroid dienone is 4. The maximum absolute atomic E-state index is 9.08. The summed E-state index contributed by atoms with van der Waals surface area (Å²) in [4.78, 5) is 2.30. The molecule has 0 amide bonds. The van der Waals surface area contributed by atoms with Gasteiger partial charge in [-0.05, 0) is 51.8 Å². The van der Waals surface area contributed by atoms with Gasteiger partial charge in [0.1, 0.15) is 11.5 Å². The molecule has 0 radical (unpaired) electrons. The number of hydrogen-bond acceptors (Lipinski definition) is 5. The number of unbranched alkanes of at least 4 members (excludes halogenated alkanes) is 1. The molecule has 1 aliphatic carbocycles. The minimum Gasteiger partial charge on any atom is -0.494 e. The molecule has 1 atom stereocenters. The first kappa shape index (κ1) is 22.7.